The van der Waals surface area contributed by atoms with Crippen molar-refractivity contribution in [2.75, 3.05) is 19.0 Å². The van der Waals surface area contributed by atoms with Crippen molar-refractivity contribution in [3.8, 4) is 11.5 Å². The number of amides is 1. The Labute approximate surface area is 123 Å². The maximum absolute atomic E-state index is 12.0. The monoisotopic (exact) mass is 289 g/mol. The van der Waals surface area contributed by atoms with Crippen LogP contribution in [-0.2, 0) is 9.53 Å². The number of methoxy groups -OCH3 is 1. The van der Waals surface area contributed by atoms with E-state index in [4.69, 9.17) is 14.9 Å². The molecule has 2 aromatic rings. The minimum absolute atomic E-state index is 0.170. The number of ether oxygens (including phenoxy) is 1. The van der Waals surface area contributed by atoms with E-state index in [0.29, 0.717) is 11.6 Å². The number of aryl methyl sites for hydroxylation is 2. The van der Waals surface area contributed by atoms with Crippen molar-refractivity contribution in [3.05, 3.63) is 35.7 Å². The van der Waals surface area contributed by atoms with Crippen molar-refractivity contribution in [3.63, 3.8) is 0 Å². The molecular formula is C15H19N3O3. The van der Waals surface area contributed by atoms with E-state index in [2.05, 4.69) is 10.3 Å². The van der Waals surface area contributed by atoms with Gasteiger partial charge in [-0.05, 0) is 31.5 Å². The largest absolute Gasteiger partial charge is 0.444 e. The van der Waals surface area contributed by atoms with Gasteiger partial charge >= 0.3 is 0 Å². The van der Waals surface area contributed by atoms with Gasteiger partial charge in [0.2, 0.25) is 11.8 Å². The molecule has 0 fully saturated rings. The number of carbonyl (C=O) groups is 1. The average molecular weight is 289 g/mol. The molecule has 0 bridgehead atoms. The smallest absolute Gasteiger partial charge is 0.243 e. The Morgan fingerprint density at radius 1 is 1.48 bits per heavy atom. The number of hydrogen-bond donors (Lipinski definition) is 2. The van der Waals surface area contributed by atoms with Gasteiger partial charge in [0.1, 0.15) is 12.3 Å². The molecule has 0 spiro atoms. The first-order valence-electron chi connectivity index (χ1n) is 6.60. The number of nitrogens with one attached hydrogen (secondary N) is 1. The van der Waals surface area contributed by atoms with Gasteiger partial charge in [0.05, 0.1) is 12.3 Å². The topological polar surface area (TPSA) is 90.4 Å². The average Bonchev–Trinajstić information content (AvgIpc) is 2.88. The van der Waals surface area contributed by atoms with Crippen LogP contribution < -0.4 is 11.1 Å². The van der Waals surface area contributed by atoms with E-state index in [0.717, 1.165) is 16.8 Å². The van der Waals surface area contributed by atoms with Gasteiger partial charge in [-0.25, -0.2) is 4.98 Å². The number of oxazole rings is 1. The van der Waals surface area contributed by atoms with Crippen LogP contribution in [0.4, 0.5) is 5.69 Å². The molecule has 0 aliphatic carbocycles. The number of anilines is 1. The number of rotatable bonds is 5. The standard InChI is InChI=1S/C15H19N3O3/c1-9-4-5-11(15-17-10(2)7-21-15)6-13(9)18-14(19)12(16)8-20-3/h4-7,12H,8,16H2,1-3H3,(H,18,19). The number of hydrogen-bond acceptors (Lipinski definition) is 5. The van der Waals surface area contributed by atoms with Gasteiger partial charge in [-0.2, -0.15) is 0 Å². The highest BCUT2D eigenvalue weighted by Crippen LogP contribution is 2.25. The maximum atomic E-state index is 12.0. The Balaban J connectivity index is 2.21. The Bertz CT molecular complexity index is 637. The number of nitrogens with two attached hydrogens (primary N) is 1. The number of aromatic nitrogens is 1. The van der Waals surface area contributed by atoms with Crippen LogP contribution in [0, 0.1) is 13.8 Å². The maximum Gasteiger partial charge on any atom is 0.243 e. The molecule has 1 unspecified atom stereocenters. The normalized spacial score (nSPS) is 12.2. The second-order valence-electron chi connectivity index (χ2n) is 4.87. The molecule has 112 valence electrons. The lowest BCUT2D eigenvalue weighted by Crippen LogP contribution is -2.39. The Morgan fingerprint density at radius 3 is 2.86 bits per heavy atom. The molecule has 3 N–H and O–H groups in total. The number of nitrogens with zero attached hydrogens (tertiary/aromatic N) is 1. The van der Waals surface area contributed by atoms with Crippen molar-refractivity contribution >= 4 is 11.6 Å². The van der Waals surface area contributed by atoms with E-state index >= 15 is 0 Å². The summed E-state index contributed by atoms with van der Waals surface area (Å²) in [6, 6.07) is 4.90. The Hall–Kier alpha value is -2.18. The first-order valence-corrected chi connectivity index (χ1v) is 6.60. The minimum Gasteiger partial charge on any atom is -0.444 e. The Kier molecular flexibility index (Phi) is 4.72. The molecule has 1 aromatic heterocycles. The molecular weight excluding hydrogens is 270 g/mol. The van der Waals surface area contributed by atoms with E-state index in [-0.39, 0.29) is 12.5 Å². The fraction of sp³-hybridized carbons (Fsp3) is 0.333. The molecule has 0 saturated carbocycles. The van der Waals surface area contributed by atoms with Crippen LogP contribution in [0.2, 0.25) is 0 Å². The zero-order valence-electron chi connectivity index (χ0n) is 12.3. The third kappa shape index (κ3) is 3.68. The lowest BCUT2D eigenvalue weighted by molar-refractivity contribution is -0.118. The molecule has 2 rings (SSSR count). The van der Waals surface area contributed by atoms with E-state index in [9.17, 15) is 4.79 Å². The van der Waals surface area contributed by atoms with Crippen molar-refractivity contribution in [2.24, 2.45) is 5.73 Å². The predicted octanol–water partition coefficient (Wildman–Crippen LogP) is 1.87. The fourth-order valence-corrected chi connectivity index (χ4v) is 1.86. The van der Waals surface area contributed by atoms with Crippen molar-refractivity contribution in [2.45, 2.75) is 19.9 Å². The Morgan fingerprint density at radius 2 is 2.24 bits per heavy atom. The SMILES string of the molecule is COCC(N)C(=O)Nc1cc(-c2nc(C)co2)ccc1C. The summed E-state index contributed by atoms with van der Waals surface area (Å²) in [5.74, 6) is 0.227. The van der Waals surface area contributed by atoms with Gasteiger partial charge in [0.15, 0.2) is 0 Å². The molecule has 0 aliphatic rings. The van der Waals surface area contributed by atoms with Crippen LogP contribution in [0.25, 0.3) is 11.5 Å². The summed E-state index contributed by atoms with van der Waals surface area (Å²) >= 11 is 0. The van der Waals surface area contributed by atoms with Crippen molar-refractivity contribution in [1.82, 2.24) is 4.98 Å². The minimum atomic E-state index is -0.706. The molecule has 0 saturated heterocycles. The predicted molar refractivity (Wildman–Crippen MR) is 79.9 cm³/mol. The summed E-state index contributed by atoms with van der Waals surface area (Å²) in [6.07, 6.45) is 1.59. The fourth-order valence-electron chi connectivity index (χ4n) is 1.86. The van der Waals surface area contributed by atoms with Crippen molar-refractivity contribution in [1.29, 1.82) is 0 Å². The van der Waals surface area contributed by atoms with Crippen LogP contribution in [-0.4, -0.2) is 30.6 Å². The summed E-state index contributed by atoms with van der Waals surface area (Å²) in [4.78, 5) is 16.2. The van der Waals surface area contributed by atoms with E-state index in [1.165, 1.54) is 7.11 Å². The molecule has 1 aromatic carbocycles. The summed E-state index contributed by atoms with van der Waals surface area (Å²) in [5, 5.41) is 2.80. The molecule has 6 nitrogen and oxygen atoms in total. The van der Waals surface area contributed by atoms with Gasteiger partial charge < -0.3 is 20.2 Å². The second-order valence-corrected chi connectivity index (χ2v) is 4.87. The van der Waals surface area contributed by atoms with Gasteiger partial charge in [-0.15, -0.1) is 0 Å². The van der Waals surface area contributed by atoms with Crippen LogP contribution in [0.15, 0.2) is 28.9 Å². The molecule has 6 heteroatoms. The van der Waals surface area contributed by atoms with Crippen LogP contribution in [0.3, 0.4) is 0 Å². The molecule has 0 aliphatic heterocycles. The molecule has 21 heavy (non-hydrogen) atoms. The number of carbonyl (C=O) groups excluding carboxylic acids is 1. The molecule has 1 heterocycles. The van der Waals surface area contributed by atoms with E-state index in [1.54, 1.807) is 6.26 Å². The molecule has 0 radical (unpaired) electrons. The zero-order valence-corrected chi connectivity index (χ0v) is 12.3. The summed E-state index contributed by atoms with van der Waals surface area (Å²) < 4.78 is 10.2. The van der Waals surface area contributed by atoms with Gasteiger partial charge in [0.25, 0.3) is 0 Å². The van der Waals surface area contributed by atoms with Crippen LogP contribution in [0.5, 0.6) is 0 Å². The second kappa shape index (κ2) is 6.51. The van der Waals surface area contributed by atoms with Gasteiger partial charge in [-0.1, -0.05) is 6.07 Å². The van der Waals surface area contributed by atoms with E-state index < -0.39 is 6.04 Å². The number of benzene rings is 1. The lowest BCUT2D eigenvalue weighted by Gasteiger charge is -2.13. The molecule has 1 atom stereocenters. The highest BCUT2D eigenvalue weighted by molar-refractivity contribution is 5.95. The first-order chi connectivity index (χ1) is 10.0. The summed E-state index contributed by atoms with van der Waals surface area (Å²) in [5.41, 5.74) is 8.92. The third-order valence-electron chi connectivity index (χ3n) is 3.04. The first kappa shape index (κ1) is 15.2. The summed E-state index contributed by atoms with van der Waals surface area (Å²) in [6.45, 7) is 3.93. The van der Waals surface area contributed by atoms with E-state index in [1.807, 2.05) is 32.0 Å². The quantitative estimate of drug-likeness (QED) is 0.877. The van der Waals surface area contributed by atoms with Gasteiger partial charge in [-0.3, -0.25) is 4.79 Å². The highest BCUT2D eigenvalue weighted by atomic mass is 16.5. The molecule has 1 amide bonds. The highest BCUT2D eigenvalue weighted by Gasteiger charge is 2.15. The van der Waals surface area contributed by atoms with Crippen LogP contribution >= 0.6 is 0 Å². The lowest BCUT2D eigenvalue weighted by atomic mass is 10.1. The summed E-state index contributed by atoms with van der Waals surface area (Å²) in [7, 11) is 1.50. The van der Waals surface area contributed by atoms with Crippen molar-refractivity contribution < 1.29 is 13.9 Å². The third-order valence-corrected chi connectivity index (χ3v) is 3.04. The zero-order chi connectivity index (χ0) is 15.4. The van der Waals surface area contributed by atoms with Gasteiger partial charge in [0, 0.05) is 18.4 Å². The van der Waals surface area contributed by atoms with Crippen LogP contribution in [0.1, 0.15) is 11.3 Å².